The first-order valence-corrected chi connectivity index (χ1v) is 23.5. The SMILES string of the molecule is CC(C)(C)C1=CN(c2cc(-c3ccccc3)c(C(C)(C)C)c(-c3ccccc3)c2)CN1c1cc(Oc2ccc3c4ccccc4n(-c4cc(C(C)(C)C)ccn4)c3c2)cc(-c2ccccc2)c1. The molecule has 67 heavy (non-hydrogen) atoms. The van der Waals surface area contributed by atoms with E-state index in [0.29, 0.717) is 6.67 Å². The summed E-state index contributed by atoms with van der Waals surface area (Å²) in [5.74, 6) is 2.42. The summed E-state index contributed by atoms with van der Waals surface area (Å²) in [6.07, 6.45) is 4.29. The van der Waals surface area contributed by atoms with Crippen LogP contribution in [0.25, 0.3) is 61.0 Å². The predicted molar refractivity (Wildman–Crippen MR) is 283 cm³/mol. The van der Waals surface area contributed by atoms with Crippen molar-refractivity contribution < 1.29 is 4.74 Å². The quantitative estimate of drug-likeness (QED) is 0.152. The molecule has 0 unspecified atom stereocenters. The molecular weight excluding hydrogens is 817 g/mol. The molecule has 0 aliphatic carbocycles. The Balaban J connectivity index is 1.09. The number of anilines is 2. The first kappa shape index (κ1) is 43.5. The topological polar surface area (TPSA) is 33.5 Å². The summed E-state index contributed by atoms with van der Waals surface area (Å²) in [5.41, 5.74) is 15.0. The predicted octanol–water partition coefficient (Wildman–Crippen LogP) is 16.7. The van der Waals surface area contributed by atoms with E-state index in [2.05, 4.69) is 259 Å². The lowest BCUT2D eigenvalue weighted by Crippen LogP contribution is -2.30. The lowest BCUT2D eigenvalue weighted by atomic mass is 9.77. The second-order valence-electron chi connectivity index (χ2n) is 21.1. The van der Waals surface area contributed by atoms with Crippen LogP contribution in [0.15, 0.2) is 194 Å². The largest absolute Gasteiger partial charge is 0.457 e. The third-order valence-corrected chi connectivity index (χ3v) is 13.0. The Morgan fingerprint density at radius 2 is 1.06 bits per heavy atom. The lowest BCUT2D eigenvalue weighted by Gasteiger charge is -2.32. The van der Waals surface area contributed by atoms with Crippen LogP contribution in [0.4, 0.5) is 11.4 Å². The maximum Gasteiger partial charge on any atom is 0.137 e. The Bertz CT molecular complexity index is 3230. The maximum atomic E-state index is 7.03. The molecule has 2 aromatic heterocycles. The molecule has 0 fully saturated rings. The van der Waals surface area contributed by atoms with Crippen molar-refractivity contribution in [2.24, 2.45) is 5.41 Å². The van der Waals surface area contributed by atoms with Gasteiger partial charge >= 0.3 is 0 Å². The van der Waals surface area contributed by atoms with E-state index in [1.165, 1.54) is 44.5 Å². The molecule has 0 bridgehead atoms. The zero-order valence-corrected chi connectivity index (χ0v) is 40.3. The molecule has 5 nitrogen and oxygen atoms in total. The normalized spacial score (nSPS) is 13.4. The highest BCUT2D eigenvalue weighted by molar-refractivity contribution is 6.09. The van der Waals surface area contributed by atoms with Crippen LogP contribution in [0.5, 0.6) is 11.5 Å². The number of ether oxygens (including phenoxy) is 1. The first-order valence-electron chi connectivity index (χ1n) is 23.5. The second-order valence-corrected chi connectivity index (χ2v) is 21.1. The number of aromatic nitrogens is 2. The van der Waals surface area contributed by atoms with Gasteiger partial charge in [-0.2, -0.15) is 0 Å². The molecule has 334 valence electrons. The van der Waals surface area contributed by atoms with Gasteiger partial charge in [0.15, 0.2) is 0 Å². The molecule has 0 atom stereocenters. The zero-order chi connectivity index (χ0) is 46.7. The Morgan fingerprint density at radius 3 is 1.67 bits per heavy atom. The van der Waals surface area contributed by atoms with Gasteiger partial charge in [0.25, 0.3) is 0 Å². The molecule has 0 N–H and O–H groups in total. The third kappa shape index (κ3) is 8.51. The fraction of sp³-hybridized carbons (Fsp3) is 0.210. The molecule has 3 heterocycles. The van der Waals surface area contributed by atoms with Crippen molar-refractivity contribution in [2.75, 3.05) is 16.5 Å². The summed E-state index contributed by atoms with van der Waals surface area (Å²) in [4.78, 5) is 9.82. The average Bonchev–Trinajstić information content (AvgIpc) is 3.92. The first-order chi connectivity index (χ1) is 32.1. The standard InChI is InChI=1S/C62H60N4O/c1-60(2,3)46-31-32-63-58(35-46)66-55-28-20-19-27-51(55)52-30-29-49(39-56(52)66)67-50-34-45(42-21-13-10-14-22-42)33-48(36-50)65-41-64(40-57(65)61(4,5)6)47-37-53(43-23-15-11-16-24-43)59(62(7,8)9)54(38-47)44-25-17-12-18-26-44/h10-40H,41H2,1-9H3. The van der Waals surface area contributed by atoms with E-state index in [-0.39, 0.29) is 16.2 Å². The van der Waals surface area contributed by atoms with Gasteiger partial charge in [-0.15, -0.1) is 0 Å². The van der Waals surface area contributed by atoms with Crippen LogP contribution in [-0.2, 0) is 10.8 Å². The van der Waals surface area contributed by atoms with E-state index in [4.69, 9.17) is 9.72 Å². The molecule has 0 radical (unpaired) electrons. The van der Waals surface area contributed by atoms with Gasteiger partial charge in [-0.05, 0) is 110 Å². The van der Waals surface area contributed by atoms with E-state index in [9.17, 15) is 0 Å². The number of nitrogens with zero attached hydrogens (tertiary/aromatic N) is 4. The van der Waals surface area contributed by atoms with Crippen molar-refractivity contribution in [3.63, 3.8) is 0 Å². The highest BCUT2D eigenvalue weighted by atomic mass is 16.5. The zero-order valence-electron chi connectivity index (χ0n) is 40.3. The summed E-state index contributed by atoms with van der Waals surface area (Å²) in [6, 6.07) is 63.3. The van der Waals surface area contributed by atoms with Gasteiger partial charge < -0.3 is 14.5 Å². The van der Waals surface area contributed by atoms with Crippen LogP contribution >= 0.6 is 0 Å². The number of fused-ring (bicyclic) bond motifs is 3. The number of allylic oxidation sites excluding steroid dienone is 1. The van der Waals surface area contributed by atoms with Crippen LogP contribution in [-0.4, -0.2) is 16.2 Å². The van der Waals surface area contributed by atoms with Gasteiger partial charge in [0.05, 0.1) is 17.7 Å². The number of para-hydroxylation sites is 1. The summed E-state index contributed by atoms with van der Waals surface area (Å²) >= 11 is 0. The Hall–Kier alpha value is -7.37. The van der Waals surface area contributed by atoms with Gasteiger partial charge in [0.1, 0.15) is 17.3 Å². The summed E-state index contributed by atoms with van der Waals surface area (Å²) < 4.78 is 9.30. The lowest BCUT2D eigenvalue weighted by molar-refractivity contribution is 0.481. The molecule has 0 saturated heterocycles. The van der Waals surface area contributed by atoms with Crippen LogP contribution in [0, 0.1) is 5.41 Å². The van der Waals surface area contributed by atoms with E-state index >= 15 is 0 Å². The minimum atomic E-state index is -0.175. The van der Waals surface area contributed by atoms with Gasteiger partial charge in [-0.25, -0.2) is 4.98 Å². The van der Waals surface area contributed by atoms with Crippen molar-refractivity contribution in [2.45, 2.75) is 73.1 Å². The van der Waals surface area contributed by atoms with Crippen LogP contribution in [0.3, 0.4) is 0 Å². The summed E-state index contributed by atoms with van der Waals surface area (Å²) in [6.45, 7) is 21.3. The minimum Gasteiger partial charge on any atom is -0.457 e. The molecule has 10 rings (SSSR count). The number of pyridine rings is 1. The Morgan fingerprint density at radius 1 is 0.463 bits per heavy atom. The van der Waals surface area contributed by atoms with E-state index in [0.717, 1.165) is 56.2 Å². The van der Waals surface area contributed by atoms with Crippen LogP contribution in [0.2, 0.25) is 0 Å². The van der Waals surface area contributed by atoms with Crippen molar-refractivity contribution in [3.8, 4) is 50.7 Å². The molecule has 0 amide bonds. The molecule has 7 aromatic carbocycles. The van der Waals surface area contributed by atoms with Crippen LogP contribution in [0.1, 0.15) is 73.4 Å². The Labute approximate surface area is 396 Å². The maximum absolute atomic E-state index is 7.03. The number of hydrogen-bond donors (Lipinski definition) is 0. The smallest absolute Gasteiger partial charge is 0.137 e. The third-order valence-electron chi connectivity index (χ3n) is 13.0. The summed E-state index contributed by atoms with van der Waals surface area (Å²) in [7, 11) is 0. The molecule has 1 aliphatic rings. The molecule has 5 heteroatoms. The van der Waals surface area contributed by atoms with Gasteiger partial charge in [-0.1, -0.05) is 172 Å². The molecule has 0 spiro atoms. The van der Waals surface area contributed by atoms with Crippen molar-refractivity contribution in [1.82, 2.24) is 9.55 Å². The highest BCUT2D eigenvalue weighted by Gasteiger charge is 2.33. The van der Waals surface area contributed by atoms with Crippen molar-refractivity contribution in [3.05, 3.63) is 205 Å². The van der Waals surface area contributed by atoms with Crippen molar-refractivity contribution >= 4 is 33.2 Å². The van der Waals surface area contributed by atoms with E-state index in [1.54, 1.807) is 0 Å². The number of benzene rings is 7. The van der Waals surface area contributed by atoms with Crippen LogP contribution < -0.4 is 14.5 Å². The van der Waals surface area contributed by atoms with Gasteiger partial charge in [0, 0.05) is 57.8 Å². The number of rotatable bonds is 8. The van der Waals surface area contributed by atoms with E-state index in [1.807, 2.05) is 6.20 Å². The molecule has 0 saturated carbocycles. The fourth-order valence-electron chi connectivity index (χ4n) is 9.75. The summed E-state index contributed by atoms with van der Waals surface area (Å²) in [5, 5.41) is 2.34. The average molecular weight is 877 g/mol. The molecule has 1 aliphatic heterocycles. The monoisotopic (exact) mass is 876 g/mol. The molecule has 9 aromatic rings. The second kappa shape index (κ2) is 16.8. The van der Waals surface area contributed by atoms with Gasteiger partial charge in [0.2, 0.25) is 0 Å². The number of hydrogen-bond acceptors (Lipinski definition) is 4. The fourth-order valence-corrected chi connectivity index (χ4v) is 9.75. The Kier molecular flexibility index (Phi) is 10.9. The van der Waals surface area contributed by atoms with Gasteiger partial charge in [-0.3, -0.25) is 4.57 Å². The molecular formula is C62H60N4O. The highest BCUT2D eigenvalue weighted by Crippen LogP contribution is 2.47. The van der Waals surface area contributed by atoms with Crippen molar-refractivity contribution in [1.29, 1.82) is 0 Å². The minimum absolute atomic E-state index is 0.0201. The van der Waals surface area contributed by atoms with E-state index < -0.39 is 0 Å².